The molecule has 0 spiro atoms. The lowest BCUT2D eigenvalue weighted by molar-refractivity contribution is -0.117. The third-order valence-corrected chi connectivity index (χ3v) is 3.52. The average Bonchev–Trinajstić information content (AvgIpc) is 2.77. The van der Waals surface area contributed by atoms with Gasteiger partial charge in [-0.1, -0.05) is 41.9 Å². The smallest absolute Gasteiger partial charge is 0.221 e. The molecule has 0 aliphatic rings. The number of rotatable bonds is 3. The van der Waals surface area contributed by atoms with Gasteiger partial charge in [0.2, 0.25) is 5.91 Å². The van der Waals surface area contributed by atoms with Gasteiger partial charge in [0.15, 0.2) is 0 Å². The summed E-state index contributed by atoms with van der Waals surface area (Å²) in [5.74, 6) is -0.358. The molecule has 1 amide bonds. The van der Waals surface area contributed by atoms with Crippen molar-refractivity contribution in [1.82, 2.24) is 4.98 Å². The molecular weight excluding hydrogens is 272 g/mol. The van der Waals surface area contributed by atoms with Gasteiger partial charge in [0, 0.05) is 15.9 Å². The van der Waals surface area contributed by atoms with Crippen LogP contribution in [0.15, 0.2) is 48.5 Å². The Morgan fingerprint density at radius 2 is 1.90 bits per heavy atom. The van der Waals surface area contributed by atoms with Crippen LogP contribution in [0.1, 0.15) is 5.56 Å². The SMILES string of the molecule is NC(=O)Cc1c(-c2ccccc2)[nH]c2ccc(Cl)cc12. The molecule has 0 saturated heterocycles. The minimum atomic E-state index is -0.358. The number of halogens is 1. The topological polar surface area (TPSA) is 58.9 Å². The number of primary amides is 1. The monoisotopic (exact) mass is 284 g/mol. The van der Waals surface area contributed by atoms with Crippen molar-refractivity contribution in [3.8, 4) is 11.3 Å². The second-order valence-electron chi connectivity index (χ2n) is 4.68. The molecule has 0 saturated carbocycles. The molecule has 4 heteroatoms. The van der Waals surface area contributed by atoms with E-state index in [1.54, 1.807) is 0 Å². The van der Waals surface area contributed by atoms with Crippen LogP contribution in [0.5, 0.6) is 0 Å². The molecule has 1 aromatic heterocycles. The Kier molecular flexibility index (Phi) is 3.20. The molecule has 3 nitrogen and oxygen atoms in total. The van der Waals surface area contributed by atoms with Gasteiger partial charge in [-0.25, -0.2) is 0 Å². The van der Waals surface area contributed by atoms with Crippen LogP contribution in [0.2, 0.25) is 5.02 Å². The van der Waals surface area contributed by atoms with E-state index < -0.39 is 0 Å². The van der Waals surface area contributed by atoms with Crippen LogP contribution in [0.3, 0.4) is 0 Å². The largest absolute Gasteiger partial charge is 0.369 e. The Hall–Kier alpha value is -2.26. The summed E-state index contributed by atoms with van der Waals surface area (Å²) < 4.78 is 0. The summed E-state index contributed by atoms with van der Waals surface area (Å²) in [7, 11) is 0. The van der Waals surface area contributed by atoms with E-state index in [-0.39, 0.29) is 12.3 Å². The number of H-pyrrole nitrogens is 1. The number of amides is 1. The van der Waals surface area contributed by atoms with Gasteiger partial charge in [0.05, 0.1) is 12.1 Å². The van der Waals surface area contributed by atoms with Crippen LogP contribution in [0.4, 0.5) is 0 Å². The Morgan fingerprint density at radius 1 is 1.15 bits per heavy atom. The van der Waals surface area contributed by atoms with Crippen molar-refractivity contribution in [3.05, 3.63) is 59.1 Å². The lowest BCUT2D eigenvalue weighted by atomic mass is 10.0. The molecule has 1 heterocycles. The van der Waals surface area contributed by atoms with Crippen molar-refractivity contribution in [3.63, 3.8) is 0 Å². The molecule has 0 bridgehead atoms. The van der Waals surface area contributed by atoms with Gasteiger partial charge < -0.3 is 10.7 Å². The summed E-state index contributed by atoms with van der Waals surface area (Å²) in [5, 5.41) is 1.58. The van der Waals surface area contributed by atoms with Gasteiger partial charge in [-0.3, -0.25) is 4.79 Å². The molecule has 20 heavy (non-hydrogen) atoms. The van der Waals surface area contributed by atoms with E-state index in [9.17, 15) is 4.79 Å². The lowest BCUT2D eigenvalue weighted by Gasteiger charge is -2.03. The predicted molar refractivity (Wildman–Crippen MR) is 81.6 cm³/mol. The highest BCUT2D eigenvalue weighted by atomic mass is 35.5. The first-order valence-corrected chi connectivity index (χ1v) is 6.67. The highest BCUT2D eigenvalue weighted by Gasteiger charge is 2.15. The molecular formula is C16H13ClN2O. The molecule has 2 aromatic carbocycles. The fourth-order valence-electron chi connectivity index (χ4n) is 2.43. The van der Waals surface area contributed by atoms with E-state index in [1.165, 1.54) is 0 Å². The van der Waals surface area contributed by atoms with Crippen molar-refractivity contribution in [2.24, 2.45) is 5.73 Å². The highest BCUT2D eigenvalue weighted by Crippen LogP contribution is 2.32. The van der Waals surface area contributed by atoms with E-state index in [1.807, 2.05) is 48.5 Å². The number of fused-ring (bicyclic) bond motifs is 1. The maximum atomic E-state index is 11.4. The second-order valence-corrected chi connectivity index (χ2v) is 5.11. The molecule has 100 valence electrons. The second kappa shape index (κ2) is 5.02. The summed E-state index contributed by atoms with van der Waals surface area (Å²) in [6.07, 6.45) is 0.185. The number of carbonyl (C=O) groups is 1. The normalized spacial score (nSPS) is 10.8. The summed E-state index contributed by atoms with van der Waals surface area (Å²) in [6.45, 7) is 0. The molecule has 0 fully saturated rings. The Balaban J connectivity index is 2.28. The molecule has 3 N–H and O–H groups in total. The first-order valence-electron chi connectivity index (χ1n) is 6.29. The van der Waals surface area contributed by atoms with E-state index in [0.717, 1.165) is 27.7 Å². The van der Waals surface area contributed by atoms with Gasteiger partial charge in [-0.05, 0) is 29.3 Å². The quantitative estimate of drug-likeness (QED) is 0.759. The number of benzene rings is 2. The third kappa shape index (κ3) is 2.28. The maximum Gasteiger partial charge on any atom is 0.221 e. The zero-order valence-corrected chi connectivity index (χ0v) is 11.4. The summed E-state index contributed by atoms with van der Waals surface area (Å²) >= 11 is 6.05. The Bertz CT molecular complexity index is 778. The van der Waals surface area contributed by atoms with Crippen molar-refractivity contribution >= 4 is 28.4 Å². The van der Waals surface area contributed by atoms with Gasteiger partial charge in [-0.2, -0.15) is 0 Å². The molecule has 0 radical (unpaired) electrons. The first-order chi connectivity index (χ1) is 9.65. The van der Waals surface area contributed by atoms with Crippen molar-refractivity contribution in [1.29, 1.82) is 0 Å². The van der Waals surface area contributed by atoms with Crippen LogP contribution in [-0.2, 0) is 11.2 Å². The van der Waals surface area contributed by atoms with Crippen molar-refractivity contribution in [2.45, 2.75) is 6.42 Å². The Labute approximate surface area is 121 Å². The molecule has 3 aromatic rings. The number of aromatic nitrogens is 1. The average molecular weight is 285 g/mol. The van der Waals surface area contributed by atoms with E-state index >= 15 is 0 Å². The van der Waals surface area contributed by atoms with E-state index in [2.05, 4.69) is 4.98 Å². The third-order valence-electron chi connectivity index (χ3n) is 3.28. The van der Waals surface area contributed by atoms with Gasteiger partial charge in [-0.15, -0.1) is 0 Å². The molecule has 0 aliphatic heterocycles. The molecule has 0 aliphatic carbocycles. The number of nitrogens with one attached hydrogen (secondary N) is 1. The fraction of sp³-hybridized carbons (Fsp3) is 0.0625. The zero-order valence-electron chi connectivity index (χ0n) is 10.7. The number of carbonyl (C=O) groups excluding carboxylic acids is 1. The molecule has 0 atom stereocenters. The predicted octanol–water partition coefficient (Wildman–Crippen LogP) is 3.52. The number of hydrogen-bond donors (Lipinski definition) is 2. The van der Waals surface area contributed by atoms with E-state index in [0.29, 0.717) is 5.02 Å². The fourth-order valence-corrected chi connectivity index (χ4v) is 2.60. The lowest BCUT2D eigenvalue weighted by Crippen LogP contribution is -2.13. The summed E-state index contributed by atoms with van der Waals surface area (Å²) in [4.78, 5) is 14.7. The minimum absolute atomic E-state index is 0.185. The number of hydrogen-bond acceptors (Lipinski definition) is 1. The molecule has 3 rings (SSSR count). The van der Waals surface area contributed by atoms with Crippen molar-refractivity contribution < 1.29 is 4.79 Å². The molecule has 0 unspecified atom stereocenters. The van der Waals surface area contributed by atoms with Gasteiger partial charge >= 0.3 is 0 Å². The van der Waals surface area contributed by atoms with Crippen LogP contribution in [0, 0.1) is 0 Å². The van der Waals surface area contributed by atoms with Crippen LogP contribution >= 0.6 is 11.6 Å². The number of aromatic amines is 1. The zero-order chi connectivity index (χ0) is 14.1. The summed E-state index contributed by atoms with van der Waals surface area (Å²) in [5.41, 5.74) is 9.15. The van der Waals surface area contributed by atoms with E-state index in [4.69, 9.17) is 17.3 Å². The first kappa shape index (κ1) is 12.8. The van der Waals surface area contributed by atoms with Crippen LogP contribution < -0.4 is 5.73 Å². The standard InChI is InChI=1S/C16H13ClN2O/c17-11-6-7-14-12(8-11)13(9-15(18)20)16(19-14)10-4-2-1-3-5-10/h1-8,19H,9H2,(H2,18,20). The number of nitrogens with two attached hydrogens (primary N) is 1. The summed E-state index contributed by atoms with van der Waals surface area (Å²) in [6, 6.07) is 15.5. The van der Waals surface area contributed by atoms with Gasteiger partial charge in [0.25, 0.3) is 0 Å². The van der Waals surface area contributed by atoms with Crippen LogP contribution in [-0.4, -0.2) is 10.9 Å². The Morgan fingerprint density at radius 3 is 2.60 bits per heavy atom. The maximum absolute atomic E-state index is 11.4. The van der Waals surface area contributed by atoms with Crippen LogP contribution in [0.25, 0.3) is 22.2 Å². The van der Waals surface area contributed by atoms with Crippen molar-refractivity contribution in [2.75, 3.05) is 0 Å². The van der Waals surface area contributed by atoms with Gasteiger partial charge in [0.1, 0.15) is 0 Å². The minimum Gasteiger partial charge on any atom is -0.369 e. The highest BCUT2D eigenvalue weighted by molar-refractivity contribution is 6.31.